The molecule has 3 aromatic rings. The molecule has 1 aliphatic rings. The Bertz CT molecular complexity index is 1040. The fourth-order valence-corrected chi connectivity index (χ4v) is 3.18. The van der Waals surface area contributed by atoms with E-state index in [0.29, 0.717) is 16.9 Å². The number of alkyl halides is 5. The molecule has 1 N–H and O–H groups in total. The van der Waals surface area contributed by atoms with Crippen molar-refractivity contribution in [2.24, 2.45) is 0 Å². The van der Waals surface area contributed by atoms with E-state index in [1.807, 2.05) is 0 Å². The summed E-state index contributed by atoms with van der Waals surface area (Å²) in [5.41, 5.74) is 0.493. The normalized spacial score (nSPS) is 16.0. The van der Waals surface area contributed by atoms with Crippen LogP contribution in [0, 0.1) is 0 Å². The van der Waals surface area contributed by atoms with Crippen molar-refractivity contribution in [2.45, 2.75) is 18.5 Å². The first kappa shape index (κ1) is 20.0. The van der Waals surface area contributed by atoms with Crippen molar-refractivity contribution in [3.05, 3.63) is 60.6 Å². The highest BCUT2D eigenvalue weighted by molar-refractivity contribution is 5.71. The molecule has 0 radical (unpaired) electrons. The van der Waals surface area contributed by atoms with E-state index in [1.165, 1.54) is 4.90 Å². The first-order chi connectivity index (χ1) is 14.2. The highest BCUT2D eigenvalue weighted by Gasteiger charge is 2.39. The van der Waals surface area contributed by atoms with Crippen molar-refractivity contribution in [1.29, 1.82) is 0 Å². The molecular formula is C20H16F5N5. The molecular weight excluding hydrogens is 405 g/mol. The fraction of sp³-hybridized carbons (Fsp3) is 0.250. The van der Waals surface area contributed by atoms with Crippen LogP contribution in [-0.2, 0) is 6.18 Å². The van der Waals surface area contributed by atoms with Crippen LogP contribution in [0.2, 0.25) is 0 Å². The first-order valence-electron chi connectivity index (χ1n) is 9.05. The number of pyridine rings is 3. The minimum Gasteiger partial charge on any atom is -0.350 e. The Morgan fingerprint density at radius 3 is 2.50 bits per heavy atom. The van der Waals surface area contributed by atoms with Gasteiger partial charge in [-0.15, -0.1) is 0 Å². The lowest BCUT2D eigenvalue weighted by atomic mass is 10.1. The van der Waals surface area contributed by atoms with Crippen LogP contribution in [0.25, 0.3) is 11.1 Å². The van der Waals surface area contributed by atoms with E-state index in [9.17, 15) is 22.0 Å². The number of hydrogen-bond acceptors (Lipinski definition) is 5. The van der Waals surface area contributed by atoms with Crippen molar-refractivity contribution in [3.8, 4) is 11.1 Å². The Balaban J connectivity index is 1.71. The van der Waals surface area contributed by atoms with Crippen LogP contribution >= 0.6 is 0 Å². The SMILES string of the molecule is FC1(F)CCN(c2cc(-c3cccnc3)cc(Nc3cc(C(F)(F)F)ccn3)n2)C1. The summed E-state index contributed by atoms with van der Waals surface area (Å²) in [6, 6.07) is 8.50. The topological polar surface area (TPSA) is 53.9 Å². The van der Waals surface area contributed by atoms with Gasteiger partial charge in [0.25, 0.3) is 5.92 Å². The molecule has 0 spiro atoms. The number of nitrogens with zero attached hydrogens (tertiary/aromatic N) is 4. The second kappa shape index (κ2) is 7.51. The molecule has 0 amide bonds. The van der Waals surface area contributed by atoms with Crippen LogP contribution < -0.4 is 10.2 Å². The number of aromatic nitrogens is 3. The molecule has 3 aromatic heterocycles. The van der Waals surface area contributed by atoms with Gasteiger partial charge in [0.15, 0.2) is 0 Å². The summed E-state index contributed by atoms with van der Waals surface area (Å²) in [4.78, 5) is 13.7. The Morgan fingerprint density at radius 1 is 1.00 bits per heavy atom. The van der Waals surface area contributed by atoms with Crippen molar-refractivity contribution in [3.63, 3.8) is 0 Å². The summed E-state index contributed by atoms with van der Waals surface area (Å²) in [5, 5.41) is 2.75. The van der Waals surface area contributed by atoms with Crippen molar-refractivity contribution >= 4 is 17.5 Å². The Morgan fingerprint density at radius 2 is 1.83 bits per heavy atom. The Hall–Kier alpha value is -3.30. The lowest BCUT2D eigenvalue weighted by molar-refractivity contribution is -0.137. The number of rotatable bonds is 4. The van der Waals surface area contributed by atoms with Gasteiger partial charge in [0, 0.05) is 37.1 Å². The van der Waals surface area contributed by atoms with Crippen molar-refractivity contribution in [2.75, 3.05) is 23.3 Å². The lowest BCUT2D eigenvalue weighted by Crippen LogP contribution is -2.25. The molecule has 10 heteroatoms. The summed E-state index contributed by atoms with van der Waals surface area (Å²) in [7, 11) is 0. The molecule has 0 saturated carbocycles. The number of hydrogen-bond donors (Lipinski definition) is 1. The highest BCUT2D eigenvalue weighted by Crippen LogP contribution is 2.34. The molecule has 0 aromatic carbocycles. The van der Waals surface area contributed by atoms with Gasteiger partial charge < -0.3 is 10.2 Å². The van der Waals surface area contributed by atoms with Crippen LogP contribution in [0.4, 0.5) is 39.4 Å². The summed E-state index contributed by atoms with van der Waals surface area (Å²) in [6.45, 7) is -0.352. The maximum atomic E-state index is 13.7. The second-order valence-electron chi connectivity index (χ2n) is 6.92. The zero-order valence-electron chi connectivity index (χ0n) is 15.5. The second-order valence-corrected chi connectivity index (χ2v) is 6.92. The summed E-state index contributed by atoms with van der Waals surface area (Å²) in [6.07, 6.45) is -0.569. The molecule has 30 heavy (non-hydrogen) atoms. The third-order valence-electron chi connectivity index (χ3n) is 4.64. The molecule has 0 aliphatic carbocycles. The van der Waals surface area contributed by atoms with E-state index in [1.54, 1.807) is 36.7 Å². The van der Waals surface area contributed by atoms with Crippen LogP contribution in [-0.4, -0.2) is 34.0 Å². The quantitative estimate of drug-likeness (QED) is 0.591. The molecule has 1 aliphatic heterocycles. The summed E-state index contributed by atoms with van der Waals surface area (Å²) < 4.78 is 66.3. The molecule has 0 unspecified atom stereocenters. The minimum absolute atomic E-state index is 0.0571. The van der Waals surface area contributed by atoms with Gasteiger partial charge in [-0.2, -0.15) is 13.2 Å². The molecule has 4 rings (SSSR count). The summed E-state index contributed by atoms with van der Waals surface area (Å²) >= 11 is 0. The van der Waals surface area contributed by atoms with Crippen LogP contribution in [0.3, 0.4) is 0 Å². The average Bonchev–Trinajstić information content (AvgIpc) is 3.08. The van der Waals surface area contributed by atoms with Gasteiger partial charge in [-0.1, -0.05) is 6.07 Å². The number of nitrogens with one attached hydrogen (secondary N) is 1. The third kappa shape index (κ3) is 4.47. The van der Waals surface area contributed by atoms with E-state index in [2.05, 4.69) is 20.3 Å². The zero-order chi connectivity index (χ0) is 21.4. The average molecular weight is 421 g/mol. The Labute approximate surface area is 168 Å². The van der Waals surface area contributed by atoms with E-state index in [4.69, 9.17) is 0 Å². The van der Waals surface area contributed by atoms with Gasteiger partial charge in [-0.25, -0.2) is 18.7 Å². The lowest BCUT2D eigenvalue weighted by Gasteiger charge is -2.19. The van der Waals surface area contributed by atoms with Crippen LogP contribution in [0.5, 0.6) is 0 Å². The van der Waals surface area contributed by atoms with Gasteiger partial charge in [0.2, 0.25) is 0 Å². The molecule has 4 heterocycles. The smallest absolute Gasteiger partial charge is 0.350 e. The first-order valence-corrected chi connectivity index (χ1v) is 9.05. The van der Waals surface area contributed by atoms with Crippen LogP contribution in [0.1, 0.15) is 12.0 Å². The van der Waals surface area contributed by atoms with Crippen molar-refractivity contribution in [1.82, 2.24) is 15.0 Å². The zero-order valence-corrected chi connectivity index (χ0v) is 15.5. The molecule has 5 nitrogen and oxygen atoms in total. The third-order valence-corrected chi connectivity index (χ3v) is 4.64. The minimum atomic E-state index is -4.52. The van der Waals surface area contributed by atoms with E-state index in [-0.39, 0.29) is 24.6 Å². The van der Waals surface area contributed by atoms with E-state index >= 15 is 0 Å². The van der Waals surface area contributed by atoms with Gasteiger partial charge >= 0.3 is 6.18 Å². The maximum absolute atomic E-state index is 13.7. The molecule has 156 valence electrons. The molecule has 0 atom stereocenters. The van der Waals surface area contributed by atoms with Crippen molar-refractivity contribution < 1.29 is 22.0 Å². The van der Waals surface area contributed by atoms with Gasteiger partial charge in [0.1, 0.15) is 17.5 Å². The standard InChI is InChI=1S/C20H16F5N5/c21-19(22)4-7-30(12-19)18-9-14(13-2-1-5-26-11-13)8-17(29-18)28-16-10-15(3-6-27-16)20(23,24)25/h1-3,5-6,8-11H,4,7,12H2,(H,27,28,29). The van der Waals surface area contributed by atoms with Gasteiger partial charge in [0.05, 0.1) is 12.1 Å². The van der Waals surface area contributed by atoms with Crippen LogP contribution in [0.15, 0.2) is 55.0 Å². The van der Waals surface area contributed by atoms with Gasteiger partial charge in [-0.05, 0) is 35.9 Å². The van der Waals surface area contributed by atoms with E-state index < -0.39 is 24.2 Å². The number of halogens is 5. The molecule has 1 fully saturated rings. The predicted octanol–water partition coefficient (Wildman–Crippen LogP) is 5.15. The molecule has 0 bridgehead atoms. The highest BCUT2D eigenvalue weighted by atomic mass is 19.4. The monoisotopic (exact) mass is 421 g/mol. The largest absolute Gasteiger partial charge is 0.416 e. The molecule has 1 saturated heterocycles. The summed E-state index contributed by atoms with van der Waals surface area (Å²) in [5.74, 6) is -2.39. The maximum Gasteiger partial charge on any atom is 0.416 e. The predicted molar refractivity (Wildman–Crippen MR) is 102 cm³/mol. The number of anilines is 3. The van der Waals surface area contributed by atoms with E-state index in [0.717, 1.165) is 18.3 Å². The fourth-order valence-electron chi connectivity index (χ4n) is 3.18. The Kier molecular flexibility index (Phi) is 5.00. The van der Waals surface area contributed by atoms with Gasteiger partial charge in [-0.3, -0.25) is 4.98 Å².